The minimum Gasteiger partial charge on any atom is -0.484 e. The Kier molecular flexibility index (Phi) is 7.52. The molecule has 1 heterocycles. The summed E-state index contributed by atoms with van der Waals surface area (Å²) in [5.74, 6) is -0.500. The number of nitriles is 1. The van der Waals surface area contributed by atoms with Crippen molar-refractivity contribution in [1.29, 1.82) is 5.26 Å². The Hall–Kier alpha value is -2.72. The molecule has 29 heavy (non-hydrogen) atoms. The number of hydrogen-bond donors (Lipinski definition) is 0. The molecule has 0 aliphatic heterocycles. The number of hydrogen-bond acceptors (Lipinski definition) is 5. The van der Waals surface area contributed by atoms with Crippen LogP contribution in [0.2, 0.25) is 5.02 Å². The third-order valence-electron chi connectivity index (χ3n) is 3.99. The molecule has 0 saturated carbocycles. The summed E-state index contributed by atoms with van der Waals surface area (Å²) in [6, 6.07) is 5.99. The molecule has 0 unspecified atom stereocenters. The minimum absolute atomic E-state index is 0.0475. The molecule has 0 spiro atoms. The molecule has 1 aromatic carbocycles. The highest BCUT2D eigenvalue weighted by atomic mass is 35.5. The van der Waals surface area contributed by atoms with E-state index in [1.165, 1.54) is 17.2 Å². The zero-order valence-electron chi connectivity index (χ0n) is 16.9. The van der Waals surface area contributed by atoms with Gasteiger partial charge in [-0.15, -0.1) is 0 Å². The Labute approximate surface area is 174 Å². The van der Waals surface area contributed by atoms with Crippen LogP contribution < -0.4 is 4.74 Å². The van der Waals surface area contributed by atoms with Crippen molar-refractivity contribution in [3.05, 3.63) is 52.7 Å². The van der Waals surface area contributed by atoms with Crippen molar-refractivity contribution in [1.82, 2.24) is 4.90 Å². The number of amides is 1. The lowest BCUT2D eigenvalue weighted by Gasteiger charge is -2.25. The van der Waals surface area contributed by atoms with Gasteiger partial charge in [-0.3, -0.25) is 0 Å². The number of halogens is 2. The summed E-state index contributed by atoms with van der Waals surface area (Å²) in [5, 5.41) is 9.13. The highest BCUT2D eigenvalue weighted by Crippen LogP contribution is 2.32. The number of rotatable bonds is 7. The first kappa shape index (κ1) is 22.6. The summed E-state index contributed by atoms with van der Waals surface area (Å²) in [6.45, 7) is 5.87. The van der Waals surface area contributed by atoms with E-state index in [2.05, 4.69) is 0 Å². The van der Waals surface area contributed by atoms with Gasteiger partial charge in [0.15, 0.2) is 0 Å². The first-order valence-electron chi connectivity index (χ1n) is 9.12. The van der Waals surface area contributed by atoms with Crippen LogP contribution in [0.25, 0.3) is 0 Å². The van der Waals surface area contributed by atoms with Crippen LogP contribution >= 0.6 is 11.6 Å². The van der Waals surface area contributed by atoms with Crippen molar-refractivity contribution in [3.63, 3.8) is 0 Å². The molecule has 0 bridgehead atoms. The van der Waals surface area contributed by atoms with Crippen molar-refractivity contribution >= 4 is 17.7 Å². The second-order valence-corrected chi connectivity index (χ2v) is 7.99. The largest absolute Gasteiger partial charge is 0.484 e. The number of carbonyl (C=O) groups excluding carboxylic acids is 1. The fourth-order valence-electron chi connectivity index (χ4n) is 2.56. The van der Waals surface area contributed by atoms with Crippen molar-refractivity contribution in [2.75, 3.05) is 13.6 Å². The van der Waals surface area contributed by atoms with Gasteiger partial charge in [0.05, 0.1) is 23.1 Å². The van der Waals surface area contributed by atoms with E-state index in [1.807, 2.05) is 26.8 Å². The van der Waals surface area contributed by atoms with E-state index in [1.54, 1.807) is 19.4 Å². The highest BCUT2D eigenvalue weighted by Gasteiger charge is 2.21. The standard InChI is InChI=1S/C21H24ClFN2O4/c1-21(2,3)29-20(26)25(4)8-5-6-18(14-7-9-27-13-14)28-19-11-16(22)17(23)10-15(19)12-24/h7,9-11,13,18H,5-6,8H2,1-4H3/t18-/m1/s1. The van der Waals surface area contributed by atoms with E-state index in [9.17, 15) is 14.4 Å². The lowest BCUT2D eigenvalue weighted by Crippen LogP contribution is -2.34. The van der Waals surface area contributed by atoms with Crippen LogP contribution in [0.4, 0.5) is 9.18 Å². The topological polar surface area (TPSA) is 75.7 Å². The molecule has 0 aliphatic rings. The molecule has 156 valence electrons. The molecule has 6 nitrogen and oxygen atoms in total. The van der Waals surface area contributed by atoms with E-state index in [0.717, 1.165) is 11.6 Å². The van der Waals surface area contributed by atoms with Crippen molar-refractivity contribution in [2.24, 2.45) is 0 Å². The average Bonchev–Trinajstić information content (AvgIpc) is 3.16. The summed E-state index contributed by atoms with van der Waals surface area (Å²) in [6.07, 6.45) is 3.31. The van der Waals surface area contributed by atoms with Crippen molar-refractivity contribution in [2.45, 2.75) is 45.3 Å². The monoisotopic (exact) mass is 422 g/mol. The maximum Gasteiger partial charge on any atom is 0.410 e. The van der Waals surface area contributed by atoms with Gasteiger partial charge >= 0.3 is 6.09 Å². The molecule has 0 aliphatic carbocycles. The summed E-state index contributed by atoms with van der Waals surface area (Å²) in [7, 11) is 1.66. The lowest BCUT2D eigenvalue weighted by molar-refractivity contribution is 0.0290. The molecule has 0 saturated heterocycles. The lowest BCUT2D eigenvalue weighted by atomic mass is 10.1. The number of carbonyl (C=O) groups is 1. The van der Waals surface area contributed by atoms with E-state index in [4.69, 9.17) is 25.5 Å². The third kappa shape index (κ3) is 6.68. The summed E-state index contributed by atoms with van der Waals surface area (Å²) in [4.78, 5) is 13.6. The van der Waals surface area contributed by atoms with Gasteiger partial charge in [-0.1, -0.05) is 11.6 Å². The van der Waals surface area contributed by atoms with Crippen LogP contribution in [0.3, 0.4) is 0 Å². The first-order chi connectivity index (χ1) is 13.6. The van der Waals surface area contributed by atoms with Gasteiger partial charge < -0.3 is 18.8 Å². The number of furan rings is 1. The number of benzene rings is 1. The van der Waals surface area contributed by atoms with Crippen LogP contribution in [0.5, 0.6) is 5.75 Å². The molecular formula is C21H24ClFN2O4. The number of ether oxygens (including phenoxy) is 2. The minimum atomic E-state index is -0.686. The fourth-order valence-corrected chi connectivity index (χ4v) is 2.72. The normalized spacial score (nSPS) is 12.2. The molecule has 8 heteroatoms. The van der Waals surface area contributed by atoms with Crippen LogP contribution in [0.1, 0.15) is 50.8 Å². The molecule has 1 aromatic heterocycles. The molecule has 1 atom stereocenters. The van der Waals surface area contributed by atoms with Gasteiger partial charge in [0, 0.05) is 25.2 Å². The Balaban J connectivity index is 2.07. The van der Waals surface area contributed by atoms with Crippen molar-refractivity contribution < 1.29 is 23.1 Å². The summed E-state index contributed by atoms with van der Waals surface area (Å²) in [5.41, 5.74) is 0.240. The quantitative estimate of drug-likeness (QED) is 0.571. The second kappa shape index (κ2) is 9.66. The maximum absolute atomic E-state index is 13.6. The molecular weight excluding hydrogens is 399 g/mol. The Morgan fingerprint density at radius 3 is 2.72 bits per heavy atom. The second-order valence-electron chi connectivity index (χ2n) is 7.58. The van der Waals surface area contributed by atoms with Gasteiger partial charge in [0.1, 0.15) is 29.3 Å². The average molecular weight is 423 g/mol. The van der Waals surface area contributed by atoms with Gasteiger partial charge in [-0.05, 0) is 45.7 Å². The molecule has 2 aromatic rings. The predicted molar refractivity (Wildman–Crippen MR) is 106 cm³/mol. The maximum atomic E-state index is 13.6. The fraction of sp³-hybridized carbons (Fsp3) is 0.429. The summed E-state index contributed by atoms with van der Waals surface area (Å²) >= 11 is 5.84. The van der Waals surface area contributed by atoms with E-state index < -0.39 is 23.6 Å². The molecule has 1 amide bonds. The van der Waals surface area contributed by atoms with Gasteiger partial charge in [-0.25, -0.2) is 9.18 Å². The van der Waals surface area contributed by atoms with Crippen LogP contribution in [0, 0.1) is 17.1 Å². The van der Waals surface area contributed by atoms with Gasteiger partial charge in [0.25, 0.3) is 0 Å². The van der Waals surface area contributed by atoms with E-state index in [0.29, 0.717) is 19.4 Å². The summed E-state index contributed by atoms with van der Waals surface area (Å²) < 4.78 is 30.1. The SMILES string of the molecule is CN(CCC[C@@H](Oc1cc(Cl)c(F)cc1C#N)c1ccoc1)C(=O)OC(C)(C)C. The number of nitrogens with zero attached hydrogens (tertiary/aromatic N) is 2. The Morgan fingerprint density at radius 2 is 2.14 bits per heavy atom. The van der Waals surface area contributed by atoms with Crippen molar-refractivity contribution in [3.8, 4) is 11.8 Å². The van der Waals surface area contributed by atoms with Crippen LogP contribution in [-0.2, 0) is 4.74 Å². The van der Waals surface area contributed by atoms with E-state index >= 15 is 0 Å². The first-order valence-corrected chi connectivity index (χ1v) is 9.50. The molecule has 0 fully saturated rings. The zero-order chi connectivity index (χ0) is 21.6. The molecule has 2 rings (SSSR count). The highest BCUT2D eigenvalue weighted by molar-refractivity contribution is 6.30. The smallest absolute Gasteiger partial charge is 0.410 e. The van der Waals surface area contributed by atoms with Gasteiger partial charge in [-0.2, -0.15) is 5.26 Å². The molecule has 0 radical (unpaired) electrons. The zero-order valence-corrected chi connectivity index (χ0v) is 17.6. The van der Waals surface area contributed by atoms with Gasteiger partial charge in [0.2, 0.25) is 0 Å². The Bertz CT molecular complexity index is 872. The third-order valence-corrected chi connectivity index (χ3v) is 4.28. The van der Waals surface area contributed by atoms with E-state index in [-0.39, 0.29) is 16.3 Å². The van der Waals surface area contributed by atoms with Crippen LogP contribution in [0.15, 0.2) is 35.1 Å². The molecule has 0 N–H and O–H groups in total. The Morgan fingerprint density at radius 1 is 1.41 bits per heavy atom. The predicted octanol–water partition coefficient (Wildman–Crippen LogP) is 5.71. The van der Waals surface area contributed by atoms with Crippen LogP contribution in [-0.4, -0.2) is 30.2 Å².